The third-order valence-electron chi connectivity index (χ3n) is 7.56. The van der Waals surface area contributed by atoms with Crippen LogP contribution < -0.4 is 0 Å². The molecule has 1 aliphatic rings. The van der Waals surface area contributed by atoms with E-state index in [1.807, 2.05) is 53.1 Å². The average Bonchev–Trinajstić information content (AvgIpc) is 3.38. The van der Waals surface area contributed by atoms with Gasteiger partial charge in [0.15, 0.2) is 0 Å². The number of carbonyl (C=O) groups excluding carboxylic acids is 1. The third kappa shape index (κ3) is 5.81. The summed E-state index contributed by atoms with van der Waals surface area (Å²) in [6.45, 7) is 2.66. The fourth-order valence-corrected chi connectivity index (χ4v) is 5.44. The Morgan fingerprint density at radius 2 is 1.44 bits per heavy atom. The van der Waals surface area contributed by atoms with Crippen molar-refractivity contribution >= 4 is 34.5 Å². The Balaban J connectivity index is 1.29. The van der Waals surface area contributed by atoms with Gasteiger partial charge in [0.25, 0.3) is 17.3 Å². The van der Waals surface area contributed by atoms with Gasteiger partial charge in [0.1, 0.15) is 5.65 Å². The van der Waals surface area contributed by atoms with E-state index in [9.17, 15) is 25.0 Å². The van der Waals surface area contributed by atoms with Crippen molar-refractivity contribution < 1.29 is 14.6 Å². The highest BCUT2D eigenvalue weighted by atomic mass is 35.5. The number of piperazine rings is 1. The van der Waals surface area contributed by atoms with Gasteiger partial charge in [-0.25, -0.2) is 4.98 Å². The lowest BCUT2D eigenvalue weighted by molar-refractivity contribution is -0.385. The summed E-state index contributed by atoms with van der Waals surface area (Å²) in [5.41, 5.74) is 5.09. The van der Waals surface area contributed by atoms with Crippen LogP contribution in [0.5, 0.6) is 0 Å². The number of imidazole rings is 1. The van der Waals surface area contributed by atoms with Gasteiger partial charge in [-0.05, 0) is 41.5 Å². The number of amides is 1. The van der Waals surface area contributed by atoms with Gasteiger partial charge in [0.05, 0.1) is 21.2 Å². The first kappa shape index (κ1) is 28.0. The fraction of sp³-hybridized carbons (Fsp3) is 0.161. The number of nitro benzene ring substituents is 2. The second kappa shape index (κ2) is 11.6. The summed E-state index contributed by atoms with van der Waals surface area (Å²) in [6, 6.07) is 23.6. The van der Waals surface area contributed by atoms with Gasteiger partial charge >= 0.3 is 0 Å². The molecule has 0 spiro atoms. The molecule has 1 amide bonds. The first-order chi connectivity index (χ1) is 20.8. The zero-order valence-corrected chi connectivity index (χ0v) is 23.6. The maximum atomic E-state index is 13.1. The van der Waals surface area contributed by atoms with Crippen molar-refractivity contribution in [3.05, 3.63) is 128 Å². The van der Waals surface area contributed by atoms with Crippen molar-refractivity contribution in [3.8, 4) is 22.4 Å². The van der Waals surface area contributed by atoms with Gasteiger partial charge in [-0.15, -0.1) is 0 Å². The van der Waals surface area contributed by atoms with E-state index in [4.69, 9.17) is 16.6 Å². The standard InChI is InChI=1S/C31H25ClN6O5/c32-25-10-7-21(8-11-25)30-28(36-19-24(9-12-29(36)33-30)22-3-1-5-26(17-22)37(40)41)20-34-13-15-35(16-14-34)31(39)23-4-2-6-27(18-23)38(42)43/h1-12,17-19H,13-16,20H2. The SMILES string of the molecule is O=C(c1cccc([N+](=O)[O-])c1)N1CCN(Cc2c(-c3ccc(Cl)cc3)nc3ccc(-c4cccc([N+](=O)[O-])c4)cn23)CC1. The van der Waals surface area contributed by atoms with E-state index in [2.05, 4.69) is 4.90 Å². The van der Waals surface area contributed by atoms with Crippen molar-refractivity contribution in [1.29, 1.82) is 0 Å². The molecule has 3 aromatic carbocycles. The number of non-ortho nitro benzene ring substituents is 2. The molecule has 0 saturated carbocycles. The number of carbonyl (C=O) groups is 1. The van der Waals surface area contributed by atoms with Crippen LogP contribution in [0.1, 0.15) is 16.1 Å². The lowest BCUT2D eigenvalue weighted by Gasteiger charge is -2.34. The molecule has 6 rings (SSSR count). The number of fused-ring (bicyclic) bond motifs is 1. The van der Waals surface area contributed by atoms with Crippen molar-refractivity contribution in [2.24, 2.45) is 0 Å². The molecule has 0 radical (unpaired) electrons. The van der Waals surface area contributed by atoms with Gasteiger partial charge in [-0.1, -0.05) is 41.9 Å². The number of nitrogens with zero attached hydrogens (tertiary/aromatic N) is 6. The van der Waals surface area contributed by atoms with E-state index in [0.29, 0.717) is 43.3 Å². The highest BCUT2D eigenvalue weighted by Crippen LogP contribution is 2.30. The smallest absolute Gasteiger partial charge is 0.270 e. The first-order valence-electron chi connectivity index (χ1n) is 13.5. The van der Waals surface area contributed by atoms with E-state index in [1.54, 1.807) is 23.1 Å². The number of nitro groups is 2. The van der Waals surface area contributed by atoms with E-state index >= 15 is 0 Å². The molecule has 0 aliphatic carbocycles. The Hall–Kier alpha value is -5.13. The summed E-state index contributed by atoms with van der Waals surface area (Å²) in [5, 5.41) is 23.1. The molecule has 5 aromatic rings. The molecule has 1 fully saturated rings. The zero-order chi connectivity index (χ0) is 30.1. The Labute approximate surface area is 250 Å². The molecule has 0 bridgehead atoms. The lowest BCUT2D eigenvalue weighted by atomic mass is 10.1. The molecule has 1 aliphatic heterocycles. The van der Waals surface area contributed by atoms with Gasteiger partial charge in [0.2, 0.25) is 0 Å². The maximum Gasteiger partial charge on any atom is 0.270 e. The molecule has 1 saturated heterocycles. The van der Waals surface area contributed by atoms with Crippen LogP contribution in [0.3, 0.4) is 0 Å². The minimum Gasteiger partial charge on any atom is -0.336 e. The molecule has 216 valence electrons. The topological polar surface area (TPSA) is 127 Å². The Morgan fingerprint density at radius 1 is 0.791 bits per heavy atom. The van der Waals surface area contributed by atoms with Crippen molar-refractivity contribution in [2.45, 2.75) is 6.54 Å². The maximum absolute atomic E-state index is 13.1. The van der Waals surface area contributed by atoms with Gasteiger partial charge in [-0.3, -0.25) is 29.9 Å². The summed E-state index contributed by atoms with van der Waals surface area (Å²) in [7, 11) is 0. The van der Waals surface area contributed by atoms with Crippen LogP contribution in [0, 0.1) is 20.2 Å². The van der Waals surface area contributed by atoms with Crippen molar-refractivity contribution in [1.82, 2.24) is 19.2 Å². The Kier molecular flexibility index (Phi) is 7.58. The second-order valence-electron chi connectivity index (χ2n) is 10.2. The number of hydrogen-bond donors (Lipinski definition) is 0. The molecule has 2 aromatic heterocycles. The van der Waals surface area contributed by atoms with Crippen LogP contribution in [0.4, 0.5) is 11.4 Å². The molecule has 0 N–H and O–H groups in total. The number of rotatable bonds is 7. The summed E-state index contributed by atoms with van der Waals surface area (Å²) in [6.07, 6.45) is 1.94. The van der Waals surface area contributed by atoms with Gasteiger partial charge < -0.3 is 9.30 Å². The second-order valence-corrected chi connectivity index (χ2v) is 10.7. The minimum atomic E-state index is -0.507. The fourth-order valence-electron chi connectivity index (χ4n) is 5.31. The monoisotopic (exact) mass is 596 g/mol. The molecule has 43 heavy (non-hydrogen) atoms. The highest BCUT2D eigenvalue weighted by Gasteiger charge is 2.25. The molecule has 12 heteroatoms. The lowest BCUT2D eigenvalue weighted by Crippen LogP contribution is -2.48. The number of aromatic nitrogens is 2. The molecule has 0 atom stereocenters. The molecular formula is C31H25ClN6O5. The predicted octanol–water partition coefficient (Wildman–Crippen LogP) is 6.10. The quantitative estimate of drug-likeness (QED) is 0.164. The Bertz CT molecular complexity index is 1860. The predicted molar refractivity (Wildman–Crippen MR) is 162 cm³/mol. The van der Waals surface area contributed by atoms with E-state index in [0.717, 1.165) is 33.7 Å². The Morgan fingerprint density at radius 3 is 2.14 bits per heavy atom. The summed E-state index contributed by atoms with van der Waals surface area (Å²) in [5.74, 6) is -0.235. The molecule has 0 unspecified atom stereocenters. The molecular weight excluding hydrogens is 572 g/mol. The van der Waals surface area contributed by atoms with Crippen LogP contribution in [0.15, 0.2) is 91.1 Å². The number of halogens is 1. The molecule has 11 nitrogen and oxygen atoms in total. The third-order valence-corrected chi connectivity index (χ3v) is 7.81. The van der Waals surface area contributed by atoms with Gasteiger partial charge in [-0.2, -0.15) is 0 Å². The van der Waals surface area contributed by atoms with Crippen LogP contribution in [0.25, 0.3) is 28.0 Å². The zero-order valence-electron chi connectivity index (χ0n) is 22.8. The van der Waals surface area contributed by atoms with Crippen LogP contribution in [-0.2, 0) is 6.54 Å². The van der Waals surface area contributed by atoms with Crippen LogP contribution in [0.2, 0.25) is 5.02 Å². The number of hydrogen-bond acceptors (Lipinski definition) is 7. The number of pyridine rings is 1. The van der Waals surface area contributed by atoms with Crippen molar-refractivity contribution in [3.63, 3.8) is 0 Å². The van der Waals surface area contributed by atoms with Crippen molar-refractivity contribution in [2.75, 3.05) is 26.2 Å². The number of benzene rings is 3. The van der Waals surface area contributed by atoms with E-state index in [1.165, 1.54) is 24.3 Å². The molecule has 3 heterocycles. The van der Waals surface area contributed by atoms with Gasteiger partial charge in [0, 0.05) is 79.3 Å². The summed E-state index contributed by atoms with van der Waals surface area (Å²) < 4.78 is 2.01. The summed E-state index contributed by atoms with van der Waals surface area (Å²) >= 11 is 6.16. The first-order valence-corrected chi connectivity index (χ1v) is 13.9. The van der Waals surface area contributed by atoms with E-state index in [-0.39, 0.29) is 17.3 Å². The van der Waals surface area contributed by atoms with E-state index < -0.39 is 9.85 Å². The van der Waals surface area contributed by atoms with Crippen LogP contribution in [-0.4, -0.2) is 61.1 Å². The minimum absolute atomic E-state index is 0.0165. The average molecular weight is 597 g/mol. The van der Waals surface area contributed by atoms with Crippen LogP contribution >= 0.6 is 11.6 Å². The normalized spacial score (nSPS) is 13.7. The highest BCUT2D eigenvalue weighted by molar-refractivity contribution is 6.30. The largest absolute Gasteiger partial charge is 0.336 e. The summed E-state index contributed by atoms with van der Waals surface area (Å²) in [4.78, 5) is 43.6.